The summed E-state index contributed by atoms with van der Waals surface area (Å²) >= 11 is 0. The van der Waals surface area contributed by atoms with E-state index in [2.05, 4.69) is 10.2 Å². The SMILES string of the molecule is Cn1cc(OC(=O)O)c2ccc3[nH]ncc3c21. The molecule has 0 atom stereocenters. The Morgan fingerprint density at radius 1 is 1.47 bits per heavy atom. The fourth-order valence-corrected chi connectivity index (χ4v) is 2.07. The van der Waals surface area contributed by atoms with Gasteiger partial charge in [0.2, 0.25) is 0 Å². The van der Waals surface area contributed by atoms with Gasteiger partial charge in [-0.3, -0.25) is 5.10 Å². The van der Waals surface area contributed by atoms with E-state index in [1.54, 1.807) is 12.4 Å². The van der Waals surface area contributed by atoms with Crippen LogP contribution in [-0.4, -0.2) is 26.0 Å². The molecule has 2 heterocycles. The molecule has 2 N–H and O–H groups in total. The molecular weight excluding hydrogens is 222 g/mol. The van der Waals surface area contributed by atoms with Crippen LogP contribution in [0, 0.1) is 0 Å². The van der Waals surface area contributed by atoms with Gasteiger partial charge in [-0.05, 0) is 12.1 Å². The van der Waals surface area contributed by atoms with Gasteiger partial charge >= 0.3 is 6.16 Å². The van der Waals surface area contributed by atoms with Crippen LogP contribution in [0.5, 0.6) is 5.75 Å². The summed E-state index contributed by atoms with van der Waals surface area (Å²) in [5, 5.41) is 17.2. The molecule has 3 rings (SSSR count). The number of benzene rings is 1. The van der Waals surface area contributed by atoms with Crippen molar-refractivity contribution in [3.05, 3.63) is 24.5 Å². The first-order chi connectivity index (χ1) is 8.16. The van der Waals surface area contributed by atoms with E-state index in [4.69, 9.17) is 9.84 Å². The highest BCUT2D eigenvalue weighted by Gasteiger charge is 2.13. The van der Waals surface area contributed by atoms with Gasteiger partial charge in [-0.25, -0.2) is 4.79 Å². The average Bonchev–Trinajstić information content (AvgIpc) is 2.82. The number of carbonyl (C=O) groups is 1. The van der Waals surface area contributed by atoms with E-state index >= 15 is 0 Å². The summed E-state index contributed by atoms with van der Waals surface area (Å²) in [5.74, 6) is 0.332. The number of carboxylic acid groups (broad SMARTS) is 1. The van der Waals surface area contributed by atoms with Crippen molar-refractivity contribution in [3.8, 4) is 5.75 Å². The Balaban J connectivity index is 2.37. The lowest BCUT2D eigenvalue weighted by Gasteiger charge is -1.97. The predicted octanol–water partition coefficient (Wildman–Crippen LogP) is 2.11. The van der Waals surface area contributed by atoms with E-state index < -0.39 is 6.16 Å². The minimum Gasteiger partial charge on any atom is -0.449 e. The van der Waals surface area contributed by atoms with Crippen LogP contribution in [-0.2, 0) is 7.05 Å². The monoisotopic (exact) mass is 231 g/mol. The van der Waals surface area contributed by atoms with E-state index in [9.17, 15) is 4.79 Å². The van der Waals surface area contributed by atoms with Gasteiger partial charge in [0, 0.05) is 24.0 Å². The molecule has 6 heteroatoms. The van der Waals surface area contributed by atoms with Gasteiger partial charge in [-0.15, -0.1) is 0 Å². The number of nitrogens with zero attached hydrogens (tertiary/aromatic N) is 2. The smallest absolute Gasteiger partial charge is 0.449 e. The standard InChI is InChI=1S/C11H9N3O3/c1-14-5-9(17-11(15)16)6-2-3-8-7(10(6)14)4-12-13-8/h2-5H,1H3,(H,12,13)(H,15,16). The van der Waals surface area contributed by atoms with Crippen molar-refractivity contribution in [3.63, 3.8) is 0 Å². The molecule has 0 amide bonds. The molecule has 0 aliphatic carbocycles. The Kier molecular flexibility index (Phi) is 1.85. The molecule has 3 aromatic rings. The Morgan fingerprint density at radius 3 is 3.06 bits per heavy atom. The third-order valence-corrected chi connectivity index (χ3v) is 2.72. The number of nitrogens with one attached hydrogen (secondary N) is 1. The van der Waals surface area contributed by atoms with Crippen molar-refractivity contribution in [2.75, 3.05) is 0 Å². The van der Waals surface area contributed by atoms with Gasteiger partial charge in [-0.1, -0.05) is 0 Å². The Labute approximate surface area is 95.4 Å². The third-order valence-electron chi connectivity index (χ3n) is 2.72. The van der Waals surface area contributed by atoms with Gasteiger partial charge in [0.1, 0.15) is 0 Å². The van der Waals surface area contributed by atoms with Crippen molar-refractivity contribution in [1.82, 2.24) is 14.8 Å². The number of rotatable bonds is 1. The van der Waals surface area contributed by atoms with Crippen molar-refractivity contribution in [2.24, 2.45) is 7.05 Å². The van der Waals surface area contributed by atoms with Crippen LogP contribution < -0.4 is 4.74 Å². The Hall–Kier alpha value is -2.50. The van der Waals surface area contributed by atoms with E-state index in [-0.39, 0.29) is 0 Å². The number of hydrogen-bond acceptors (Lipinski definition) is 3. The zero-order chi connectivity index (χ0) is 12.0. The first kappa shape index (κ1) is 9.71. The highest BCUT2D eigenvalue weighted by atomic mass is 16.7. The molecule has 0 radical (unpaired) electrons. The molecule has 0 aliphatic heterocycles. The maximum absolute atomic E-state index is 10.6. The van der Waals surface area contributed by atoms with Gasteiger partial charge in [0.05, 0.1) is 17.2 Å². The maximum atomic E-state index is 10.6. The first-order valence-electron chi connectivity index (χ1n) is 4.98. The second-order valence-electron chi connectivity index (χ2n) is 3.77. The Morgan fingerprint density at radius 2 is 2.29 bits per heavy atom. The van der Waals surface area contributed by atoms with Gasteiger partial charge < -0.3 is 14.4 Å². The predicted molar refractivity (Wildman–Crippen MR) is 61.2 cm³/mol. The second kappa shape index (κ2) is 3.24. The van der Waals surface area contributed by atoms with Crippen LogP contribution in [0.1, 0.15) is 0 Å². The van der Waals surface area contributed by atoms with Crippen LogP contribution in [0.3, 0.4) is 0 Å². The van der Waals surface area contributed by atoms with Crippen molar-refractivity contribution in [2.45, 2.75) is 0 Å². The minimum atomic E-state index is -1.32. The van der Waals surface area contributed by atoms with Gasteiger partial charge in [-0.2, -0.15) is 5.10 Å². The molecule has 6 nitrogen and oxygen atoms in total. The molecule has 1 aromatic carbocycles. The average molecular weight is 231 g/mol. The molecule has 17 heavy (non-hydrogen) atoms. The largest absolute Gasteiger partial charge is 0.511 e. The molecule has 86 valence electrons. The summed E-state index contributed by atoms with van der Waals surface area (Å²) in [6, 6.07) is 3.66. The van der Waals surface area contributed by atoms with Gasteiger partial charge in [0.15, 0.2) is 5.75 Å². The number of aromatic nitrogens is 3. The summed E-state index contributed by atoms with van der Waals surface area (Å²) in [6.07, 6.45) is 2.04. The molecule has 0 aliphatic rings. The van der Waals surface area contributed by atoms with E-state index in [1.807, 2.05) is 23.7 Å². The Bertz CT molecular complexity index is 726. The second-order valence-corrected chi connectivity index (χ2v) is 3.77. The van der Waals surface area contributed by atoms with E-state index in [0.29, 0.717) is 5.75 Å². The number of ether oxygens (including phenoxy) is 1. The quantitative estimate of drug-likeness (QED) is 0.628. The molecule has 0 fully saturated rings. The van der Waals surface area contributed by atoms with Crippen LogP contribution in [0.25, 0.3) is 21.8 Å². The molecule has 0 unspecified atom stereocenters. The molecular formula is C11H9N3O3. The number of aryl methyl sites for hydroxylation is 1. The fourth-order valence-electron chi connectivity index (χ4n) is 2.07. The number of hydrogen-bond donors (Lipinski definition) is 2. The van der Waals surface area contributed by atoms with Crippen molar-refractivity contribution >= 4 is 28.0 Å². The number of aromatic amines is 1. The normalized spacial score (nSPS) is 11.1. The number of H-pyrrole nitrogens is 1. The maximum Gasteiger partial charge on any atom is 0.511 e. The minimum absolute atomic E-state index is 0.332. The fraction of sp³-hybridized carbons (Fsp3) is 0.0909. The molecule has 0 bridgehead atoms. The van der Waals surface area contributed by atoms with Crippen molar-refractivity contribution in [1.29, 1.82) is 0 Å². The highest BCUT2D eigenvalue weighted by Crippen LogP contribution is 2.32. The zero-order valence-electron chi connectivity index (χ0n) is 8.97. The highest BCUT2D eigenvalue weighted by molar-refractivity contribution is 6.07. The van der Waals surface area contributed by atoms with Crippen LogP contribution >= 0.6 is 0 Å². The topological polar surface area (TPSA) is 80.1 Å². The lowest BCUT2D eigenvalue weighted by Crippen LogP contribution is -2.02. The molecule has 0 saturated heterocycles. The van der Waals surface area contributed by atoms with Crippen LogP contribution in [0.15, 0.2) is 24.5 Å². The summed E-state index contributed by atoms with van der Waals surface area (Å²) in [7, 11) is 1.84. The summed E-state index contributed by atoms with van der Waals surface area (Å²) in [4.78, 5) is 10.6. The third kappa shape index (κ3) is 1.34. The molecule has 2 aromatic heterocycles. The zero-order valence-corrected chi connectivity index (χ0v) is 8.97. The first-order valence-corrected chi connectivity index (χ1v) is 4.98. The molecule has 0 saturated carbocycles. The van der Waals surface area contributed by atoms with Gasteiger partial charge in [0.25, 0.3) is 0 Å². The van der Waals surface area contributed by atoms with Crippen molar-refractivity contribution < 1.29 is 14.6 Å². The number of fused-ring (bicyclic) bond motifs is 3. The summed E-state index contributed by atoms with van der Waals surface area (Å²) in [5.41, 5.74) is 1.80. The lowest BCUT2D eigenvalue weighted by atomic mass is 10.2. The molecule has 0 spiro atoms. The lowest BCUT2D eigenvalue weighted by molar-refractivity contribution is 0.145. The van der Waals surface area contributed by atoms with E-state index in [0.717, 1.165) is 21.8 Å². The van der Waals surface area contributed by atoms with Crippen LogP contribution in [0.4, 0.5) is 4.79 Å². The van der Waals surface area contributed by atoms with Crippen LogP contribution in [0.2, 0.25) is 0 Å². The summed E-state index contributed by atoms with van der Waals surface area (Å²) < 4.78 is 6.56. The van der Waals surface area contributed by atoms with E-state index in [1.165, 1.54) is 0 Å². The summed E-state index contributed by atoms with van der Waals surface area (Å²) in [6.45, 7) is 0.